The van der Waals surface area contributed by atoms with E-state index < -0.39 is 0 Å². The van der Waals surface area contributed by atoms with E-state index >= 15 is 0 Å². The minimum absolute atomic E-state index is 0.0493. The number of benzene rings is 5. The van der Waals surface area contributed by atoms with E-state index in [1.165, 1.54) is 5.56 Å². The number of hydrogen-bond donors (Lipinski definition) is 0. The Kier molecular flexibility index (Phi) is 6.13. The Morgan fingerprint density at radius 1 is 0.545 bits per heavy atom. The smallest absolute Gasteiger partial charge is 0.238 e. The van der Waals surface area contributed by atoms with E-state index in [4.69, 9.17) is 19.9 Å². The van der Waals surface area contributed by atoms with Crippen molar-refractivity contribution in [2.75, 3.05) is 0 Å². The van der Waals surface area contributed by atoms with E-state index in [-0.39, 0.29) is 5.41 Å². The first-order valence-corrected chi connectivity index (χ1v) is 15.6. The first kappa shape index (κ1) is 26.4. The molecule has 0 saturated carbocycles. The third-order valence-corrected chi connectivity index (χ3v) is 9.16. The lowest BCUT2D eigenvalue weighted by Crippen LogP contribution is -2.10. The van der Waals surface area contributed by atoms with Crippen LogP contribution in [0.3, 0.4) is 0 Å². The molecule has 0 atom stereocenters. The molecule has 8 aromatic rings. The fourth-order valence-electron chi connectivity index (χ4n) is 5.80. The van der Waals surface area contributed by atoms with E-state index in [0.29, 0.717) is 17.6 Å². The maximum Gasteiger partial charge on any atom is 0.238 e. The van der Waals surface area contributed by atoms with Crippen LogP contribution < -0.4 is 0 Å². The fourth-order valence-corrected chi connectivity index (χ4v) is 6.80. The molecule has 6 heteroatoms. The lowest BCUT2D eigenvalue weighted by atomic mass is 9.87. The van der Waals surface area contributed by atoms with Crippen LogP contribution in [0, 0.1) is 0 Å². The van der Waals surface area contributed by atoms with E-state index in [2.05, 4.69) is 128 Å². The van der Waals surface area contributed by atoms with E-state index in [9.17, 15) is 0 Å². The van der Waals surface area contributed by atoms with Crippen LogP contribution in [0.4, 0.5) is 0 Å². The molecule has 5 nitrogen and oxygen atoms in total. The second-order valence-corrected chi connectivity index (χ2v) is 13.0. The number of para-hydroxylation sites is 3. The van der Waals surface area contributed by atoms with Crippen molar-refractivity contribution in [1.82, 2.24) is 24.5 Å². The van der Waals surface area contributed by atoms with Gasteiger partial charge in [-0.25, -0.2) is 9.97 Å². The average molecular weight is 588 g/mol. The van der Waals surface area contributed by atoms with Gasteiger partial charge in [0.2, 0.25) is 5.95 Å². The molecule has 0 aliphatic carbocycles. The summed E-state index contributed by atoms with van der Waals surface area (Å²) in [6, 6.07) is 42.0. The standard InChI is InChI=1S/C38H29N5S/c1-38(2,3)26-22-20-24(21-23-26)34-40-35(29-16-11-19-32-33(29)39-36(44-32)25-12-5-4-6-13-25)42-37(41-34)43-30-17-9-7-14-27(30)28-15-8-10-18-31(28)43/h4-23H,1-3H3. The summed E-state index contributed by atoms with van der Waals surface area (Å²) in [5.74, 6) is 1.81. The third kappa shape index (κ3) is 4.46. The monoisotopic (exact) mass is 587 g/mol. The average Bonchev–Trinajstić information content (AvgIpc) is 3.64. The van der Waals surface area contributed by atoms with Gasteiger partial charge in [-0.2, -0.15) is 9.97 Å². The van der Waals surface area contributed by atoms with Gasteiger partial charge in [0.25, 0.3) is 0 Å². The van der Waals surface area contributed by atoms with Crippen LogP contribution in [0.5, 0.6) is 0 Å². The molecule has 0 aliphatic heterocycles. The van der Waals surface area contributed by atoms with Gasteiger partial charge in [0.1, 0.15) is 5.01 Å². The minimum Gasteiger partial charge on any atom is -0.278 e. The molecular weight excluding hydrogens is 559 g/mol. The zero-order chi connectivity index (χ0) is 29.8. The van der Waals surface area contributed by atoms with E-state index in [0.717, 1.165) is 53.7 Å². The molecule has 5 aromatic carbocycles. The molecule has 0 unspecified atom stereocenters. The Morgan fingerprint density at radius 3 is 1.86 bits per heavy atom. The Labute approximate surface area is 259 Å². The van der Waals surface area contributed by atoms with Crippen molar-refractivity contribution in [1.29, 1.82) is 0 Å². The molecule has 0 aliphatic rings. The Bertz CT molecular complexity index is 2260. The van der Waals surface area contributed by atoms with Crippen molar-refractivity contribution in [3.8, 4) is 39.3 Å². The predicted octanol–water partition coefficient (Wildman–Crippen LogP) is 9.88. The maximum absolute atomic E-state index is 5.17. The highest BCUT2D eigenvalue weighted by atomic mass is 32.1. The topological polar surface area (TPSA) is 56.5 Å². The number of thiazole rings is 1. The Morgan fingerprint density at radius 2 is 1.18 bits per heavy atom. The highest BCUT2D eigenvalue weighted by Crippen LogP contribution is 2.37. The molecule has 0 N–H and O–H groups in total. The lowest BCUT2D eigenvalue weighted by Gasteiger charge is -2.19. The van der Waals surface area contributed by atoms with Crippen molar-refractivity contribution in [3.63, 3.8) is 0 Å². The molecule has 212 valence electrons. The number of fused-ring (bicyclic) bond motifs is 4. The maximum atomic E-state index is 5.17. The number of nitrogens with zero attached hydrogens (tertiary/aromatic N) is 5. The summed E-state index contributed by atoms with van der Waals surface area (Å²) in [5.41, 5.74) is 7.24. The van der Waals surface area contributed by atoms with Gasteiger partial charge < -0.3 is 0 Å². The summed E-state index contributed by atoms with van der Waals surface area (Å²) in [7, 11) is 0. The van der Waals surface area contributed by atoms with Gasteiger partial charge in [-0.3, -0.25) is 4.57 Å². The Balaban J connectivity index is 1.39. The van der Waals surface area contributed by atoms with Crippen LogP contribution in [0.1, 0.15) is 26.3 Å². The largest absolute Gasteiger partial charge is 0.278 e. The van der Waals surface area contributed by atoms with Crippen LogP contribution >= 0.6 is 11.3 Å². The molecule has 8 rings (SSSR count). The van der Waals surface area contributed by atoms with Crippen LogP contribution in [0.15, 0.2) is 121 Å². The van der Waals surface area contributed by atoms with Gasteiger partial charge in [-0.15, -0.1) is 11.3 Å². The van der Waals surface area contributed by atoms with E-state index in [1.807, 2.05) is 18.2 Å². The summed E-state index contributed by atoms with van der Waals surface area (Å²) >= 11 is 1.68. The van der Waals surface area contributed by atoms with Crippen LogP contribution in [-0.4, -0.2) is 24.5 Å². The highest BCUT2D eigenvalue weighted by Gasteiger charge is 2.20. The van der Waals surface area contributed by atoms with Gasteiger partial charge in [-0.05, 0) is 35.2 Å². The molecular formula is C38H29N5S. The van der Waals surface area contributed by atoms with Crippen LogP contribution in [0.2, 0.25) is 0 Å². The number of hydrogen-bond acceptors (Lipinski definition) is 5. The van der Waals surface area contributed by atoms with Gasteiger partial charge in [0.05, 0.1) is 21.3 Å². The first-order valence-electron chi connectivity index (χ1n) is 14.7. The normalized spacial score (nSPS) is 12.0. The third-order valence-electron chi connectivity index (χ3n) is 8.09. The summed E-state index contributed by atoms with van der Waals surface area (Å²) in [6.07, 6.45) is 0. The summed E-state index contributed by atoms with van der Waals surface area (Å²) in [6.45, 7) is 6.67. The zero-order valence-corrected chi connectivity index (χ0v) is 25.5. The number of rotatable bonds is 4. The fraction of sp³-hybridized carbons (Fsp3) is 0.105. The molecule has 44 heavy (non-hydrogen) atoms. The molecule has 0 radical (unpaired) electrons. The van der Waals surface area contributed by atoms with E-state index in [1.54, 1.807) is 11.3 Å². The van der Waals surface area contributed by atoms with Gasteiger partial charge in [0.15, 0.2) is 11.6 Å². The molecule has 0 amide bonds. The lowest BCUT2D eigenvalue weighted by molar-refractivity contribution is 0.590. The van der Waals surface area contributed by atoms with Crippen molar-refractivity contribution < 1.29 is 0 Å². The van der Waals surface area contributed by atoms with Crippen molar-refractivity contribution >= 4 is 43.4 Å². The first-order chi connectivity index (χ1) is 21.4. The second kappa shape index (κ2) is 10.2. The molecule has 3 heterocycles. The minimum atomic E-state index is 0.0493. The number of aromatic nitrogens is 5. The molecule has 3 aromatic heterocycles. The van der Waals surface area contributed by atoms with Crippen LogP contribution in [-0.2, 0) is 5.41 Å². The quantitative estimate of drug-likeness (QED) is 0.206. The summed E-state index contributed by atoms with van der Waals surface area (Å²) < 4.78 is 3.25. The Hall–Kier alpha value is -5.20. The second-order valence-electron chi connectivity index (χ2n) is 12.0. The SMILES string of the molecule is CC(C)(C)c1ccc(-c2nc(-c3cccc4sc(-c5ccccc5)nc34)nc(-n3c4ccccc4c4ccccc43)n2)cc1. The van der Waals surface area contributed by atoms with Crippen molar-refractivity contribution in [2.45, 2.75) is 26.2 Å². The zero-order valence-electron chi connectivity index (χ0n) is 24.7. The van der Waals surface area contributed by atoms with Crippen molar-refractivity contribution in [3.05, 3.63) is 127 Å². The molecule has 0 bridgehead atoms. The van der Waals surface area contributed by atoms with Gasteiger partial charge in [0, 0.05) is 27.5 Å². The summed E-state index contributed by atoms with van der Waals surface area (Å²) in [5, 5.41) is 3.30. The highest BCUT2D eigenvalue weighted by molar-refractivity contribution is 7.21. The molecule has 0 spiro atoms. The molecule has 0 fully saturated rings. The van der Waals surface area contributed by atoms with Crippen molar-refractivity contribution in [2.24, 2.45) is 0 Å². The van der Waals surface area contributed by atoms with Crippen LogP contribution in [0.25, 0.3) is 71.3 Å². The summed E-state index contributed by atoms with van der Waals surface area (Å²) in [4.78, 5) is 20.5. The molecule has 0 saturated heterocycles. The van der Waals surface area contributed by atoms with Gasteiger partial charge in [-0.1, -0.05) is 118 Å². The van der Waals surface area contributed by atoms with Gasteiger partial charge >= 0.3 is 0 Å². The predicted molar refractivity (Wildman–Crippen MR) is 182 cm³/mol.